The van der Waals surface area contributed by atoms with Crippen molar-refractivity contribution in [3.8, 4) is 11.5 Å². The third-order valence-electron chi connectivity index (χ3n) is 5.31. The summed E-state index contributed by atoms with van der Waals surface area (Å²) in [5.41, 5.74) is 0.490. The number of nitrogens with one attached hydrogen (secondary N) is 1. The number of thiazole rings is 1. The van der Waals surface area contributed by atoms with Crippen LogP contribution in [0.3, 0.4) is 0 Å². The molecule has 0 bridgehead atoms. The quantitative estimate of drug-likeness (QED) is 0.552. The minimum atomic E-state index is -3.74. The molecule has 1 fully saturated rings. The highest BCUT2D eigenvalue weighted by Gasteiger charge is 2.33. The number of hydrogen-bond donors (Lipinski definition) is 1. The van der Waals surface area contributed by atoms with E-state index in [9.17, 15) is 18.0 Å². The van der Waals surface area contributed by atoms with Gasteiger partial charge in [-0.3, -0.25) is 4.79 Å². The standard InChI is InChI=1S/C21H27N3O7S2/c1-5-31-20(26)18-13(2)22-21(32-18)23-19(25)14-8-10-24(11-9-14)33(27,28)15-6-7-16(29-3)17(12-15)30-4/h6-7,12,14H,5,8-11H2,1-4H3,(H,22,23,25). The number of carbonyl (C=O) groups excluding carboxylic acids is 2. The van der Waals surface area contributed by atoms with Gasteiger partial charge in [-0.15, -0.1) is 0 Å². The van der Waals surface area contributed by atoms with Crippen molar-refractivity contribution in [2.24, 2.45) is 5.92 Å². The number of nitrogens with zero attached hydrogens (tertiary/aromatic N) is 2. The first-order chi connectivity index (χ1) is 15.7. The van der Waals surface area contributed by atoms with Crippen molar-refractivity contribution in [1.29, 1.82) is 0 Å². The molecule has 180 valence electrons. The minimum absolute atomic E-state index is 0.104. The Hall–Kier alpha value is -2.70. The van der Waals surface area contributed by atoms with Gasteiger partial charge in [-0.2, -0.15) is 4.31 Å². The Balaban J connectivity index is 1.63. The van der Waals surface area contributed by atoms with Crippen LogP contribution < -0.4 is 14.8 Å². The molecule has 0 saturated carbocycles. The maximum atomic E-state index is 13.1. The maximum Gasteiger partial charge on any atom is 0.350 e. The van der Waals surface area contributed by atoms with E-state index in [4.69, 9.17) is 14.2 Å². The van der Waals surface area contributed by atoms with Crippen LogP contribution in [0.4, 0.5) is 5.13 Å². The highest BCUT2D eigenvalue weighted by Crippen LogP contribution is 2.32. The molecule has 0 radical (unpaired) electrons. The van der Waals surface area contributed by atoms with E-state index in [1.54, 1.807) is 19.9 Å². The summed E-state index contributed by atoms with van der Waals surface area (Å²) in [5.74, 6) is -0.315. The van der Waals surface area contributed by atoms with Crippen LogP contribution >= 0.6 is 11.3 Å². The second-order valence-electron chi connectivity index (χ2n) is 7.34. The number of amides is 1. The normalized spacial score (nSPS) is 15.2. The number of methoxy groups -OCH3 is 2. The van der Waals surface area contributed by atoms with Crippen molar-refractivity contribution >= 4 is 38.4 Å². The molecule has 0 aliphatic carbocycles. The summed E-state index contributed by atoms with van der Waals surface area (Å²) < 4.78 is 42.8. The van der Waals surface area contributed by atoms with Crippen LogP contribution in [-0.4, -0.2) is 63.5 Å². The van der Waals surface area contributed by atoms with Crippen LogP contribution in [0.25, 0.3) is 0 Å². The highest BCUT2D eigenvalue weighted by atomic mass is 32.2. The molecular formula is C21H27N3O7S2. The van der Waals surface area contributed by atoms with E-state index in [1.807, 2.05) is 0 Å². The molecule has 1 aliphatic rings. The van der Waals surface area contributed by atoms with E-state index in [0.29, 0.717) is 40.0 Å². The van der Waals surface area contributed by atoms with Gasteiger partial charge in [0.1, 0.15) is 4.88 Å². The van der Waals surface area contributed by atoms with Gasteiger partial charge < -0.3 is 19.5 Å². The predicted octanol–water partition coefficient (Wildman–Crippen LogP) is 2.68. The lowest BCUT2D eigenvalue weighted by Gasteiger charge is -2.30. The second kappa shape index (κ2) is 10.5. The molecule has 1 aromatic carbocycles. The average Bonchev–Trinajstić information content (AvgIpc) is 3.18. The van der Waals surface area contributed by atoms with Gasteiger partial charge in [0.05, 0.1) is 31.4 Å². The van der Waals surface area contributed by atoms with Gasteiger partial charge in [0.15, 0.2) is 16.6 Å². The Kier molecular flexibility index (Phi) is 7.92. The fourth-order valence-electron chi connectivity index (χ4n) is 3.53. The molecule has 2 aromatic rings. The number of piperidine rings is 1. The first-order valence-electron chi connectivity index (χ1n) is 10.4. The topological polar surface area (TPSA) is 124 Å². The van der Waals surface area contributed by atoms with Gasteiger partial charge in [0, 0.05) is 25.1 Å². The fraction of sp³-hybridized carbons (Fsp3) is 0.476. The summed E-state index contributed by atoms with van der Waals surface area (Å²) in [7, 11) is -0.819. The average molecular weight is 498 g/mol. The molecule has 1 aromatic heterocycles. The molecular weight excluding hydrogens is 470 g/mol. The SMILES string of the molecule is CCOC(=O)c1sc(NC(=O)C2CCN(S(=O)(=O)c3ccc(OC)c(OC)c3)CC2)nc1C. The minimum Gasteiger partial charge on any atom is -0.493 e. The number of rotatable bonds is 8. The molecule has 1 N–H and O–H groups in total. The summed E-state index contributed by atoms with van der Waals surface area (Å²) >= 11 is 1.06. The predicted molar refractivity (Wildman–Crippen MR) is 122 cm³/mol. The molecule has 33 heavy (non-hydrogen) atoms. The number of anilines is 1. The Bertz CT molecular complexity index is 1120. The monoisotopic (exact) mass is 497 g/mol. The molecule has 12 heteroatoms. The molecule has 10 nitrogen and oxygen atoms in total. The van der Waals surface area contributed by atoms with E-state index in [0.717, 1.165) is 11.3 Å². The fourth-order valence-corrected chi connectivity index (χ4v) is 5.88. The number of aryl methyl sites for hydroxylation is 1. The number of ether oxygens (including phenoxy) is 3. The third kappa shape index (κ3) is 5.45. The first-order valence-corrected chi connectivity index (χ1v) is 12.6. The zero-order chi connectivity index (χ0) is 24.2. The Morgan fingerprint density at radius 2 is 1.85 bits per heavy atom. The molecule has 1 aliphatic heterocycles. The van der Waals surface area contributed by atoms with Crippen molar-refractivity contribution < 1.29 is 32.2 Å². The number of aromatic nitrogens is 1. The lowest BCUT2D eigenvalue weighted by molar-refractivity contribution is -0.120. The summed E-state index contributed by atoms with van der Waals surface area (Å²) in [6, 6.07) is 4.45. The van der Waals surface area contributed by atoms with Crippen LogP contribution in [0, 0.1) is 12.8 Å². The highest BCUT2D eigenvalue weighted by molar-refractivity contribution is 7.89. The number of carbonyl (C=O) groups is 2. The summed E-state index contributed by atoms with van der Waals surface area (Å²) in [6.07, 6.45) is 0.737. The zero-order valence-corrected chi connectivity index (χ0v) is 20.5. The van der Waals surface area contributed by atoms with Crippen molar-refractivity contribution in [3.63, 3.8) is 0 Å². The third-order valence-corrected chi connectivity index (χ3v) is 8.25. The van der Waals surface area contributed by atoms with E-state index in [2.05, 4.69) is 10.3 Å². The van der Waals surface area contributed by atoms with Crippen LogP contribution in [0.2, 0.25) is 0 Å². The Morgan fingerprint density at radius 1 is 1.18 bits per heavy atom. The smallest absolute Gasteiger partial charge is 0.350 e. The van der Waals surface area contributed by atoms with Crippen molar-refractivity contribution in [2.45, 2.75) is 31.6 Å². The van der Waals surface area contributed by atoms with Crippen LogP contribution in [0.1, 0.15) is 35.1 Å². The molecule has 1 saturated heterocycles. The van der Waals surface area contributed by atoms with Crippen molar-refractivity contribution in [2.75, 3.05) is 39.2 Å². The summed E-state index contributed by atoms with van der Waals surface area (Å²) in [4.78, 5) is 29.3. The number of esters is 1. The molecule has 1 amide bonds. The lowest BCUT2D eigenvalue weighted by atomic mass is 9.97. The summed E-state index contributed by atoms with van der Waals surface area (Å²) in [5, 5.41) is 3.07. The second-order valence-corrected chi connectivity index (χ2v) is 10.3. The molecule has 2 heterocycles. The largest absolute Gasteiger partial charge is 0.493 e. The molecule has 0 spiro atoms. The Morgan fingerprint density at radius 3 is 2.45 bits per heavy atom. The number of sulfonamides is 1. The van der Waals surface area contributed by atoms with Gasteiger partial charge in [0.25, 0.3) is 0 Å². The van der Waals surface area contributed by atoms with Crippen LogP contribution in [-0.2, 0) is 19.6 Å². The van der Waals surface area contributed by atoms with E-state index in [1.165, 1.54) is 30.7 Å². The van der Waals surface area contributed by atoms with Crippen LogP contribution in [0.5, 0.6) is 11.5 Å². The van der Waals surface area contributed by atoms with Gasteiger partial charge in [-0.05, 0) is 38.8 Å². The molecule has 3 rings (SSSR count). The van der Waals surface area contributed by atoms with Gasteiger partial charge in [0.2, 0.25) is 15.9 Å². The summed E-state index contributed by atoms with van der Waals surface area (Å²) in [6.45, 7) is 4.06. The molecule has 0 unspecified atom stereocenters. The van der Waals surface area contributed by atoms with E-state index < -0.39 is 16.0 Å². The van der Waals surface area contributed by atoms with Crippen molar-refractivity contribution in [1.82, 2.24) is 9.29 Å². The van der Waals surface area contributed by atoms with Crippen LogP contribution in [0.15, 0.2) is 23.1 Å². The molecule has 0 atom stereocenters. The van der Waals surface area contributed by atoms with Gasteiger partial charge >= 0.3 is 5.97 Å². The number of hydrogen-bond acceptors (Lipinski definition) is 9. The van der Waals surface area contributed by atoms with Gasteiger partial charge in [-0.25, -0.2) is 18.2 Å². The maximum absolute atomic E-state index is 13.1. The van der Waals surface area contributed by atoms with Gasteiger partial charge in [-0.1, -0.05) is 11.3 Å². The van der Waals surface area contributed by atoms with E-state index >= 15 is 0 Å². The zero-order valence-electron chi connectivity index (χ0n) is 18.9. The Labute approximate surface area is 196 Å². The van der Waals surface area contributed by atoms with Crippen molar-refractivity contribution in [3.05, 3.63) is 28.8 Å². The first kappa shape index (κ1) is 24.9. The lowest BCUT2D eigenvalue weighted by Crippen LogP contribution is -2.41. The van der Waals surface area contributed by atoms with E-state index in [-0.39, 0.29) is 36.4 Å². The number of benzene rings is 1.